The van der Waals surface area contributed by atoms with E-state index in [1.807, 2.05) is 24.3 Å². The number of rotatable bonds is 3. The van der Waals surface area contributed by atoms with Crippen LogP contribution in [0.3, 0.4) is 0 Å². The molecule has 6 heteroatoms. The number of carbonyl (C=O) groups excluding carboxylic acids is 3. The minimum absolute atomic E-state index is 0.0301. The Labute approximate surface area is 141 Å². The van der Waals surface area contributed by atoms with E-state index < -0.39 is 6.04 Å². The van der Waals surface area contributed by atoms with E-state index in [9.17, 15) is 14.4 Å². The predicted octanol–water partition coefficient (Wildman–Crippen LogP) is 0.859. The van der Waals surface area contributed by atoms with Crippen molar-refractivity contribution in [1.82, 2.24) is 10.2 Å². The molecule has 1 aromatic carbocycles. The summed E-state index contributed by atoms with van der Waals surface area (Å²) in [7, 11) is 1.64. The standard InChI is InChI=1S/C18H23N3O3/c1-20(16-7-6-15(22)12-17(16)23)18(24)13-2-4-14(5-3-13)21-10-8-19-9-11-21/h2-5,16,19H,6-12H2,1H3. The maximum atomic E-state index is 12.6. The van der Waals surface area contributed by atoms with Crippen molar-refractivity contribution in [2.45, 2.75) is 25.3 Å². The summed E-state index contributed by atoms with van der Waals surface area (Å²) in [6.45, 7) is 3.84. The van der Waals surface area contributed by atoms with Crippen LogP contribution < -0.4 is 10.2 Å². The summed E-state index contributed by atoms with van der Waals surface area (Å²) in [4.78, 5) is 39.7. The molecule has 1 aliphatic heterocycles. The Hall–Kier alpha value is -2.21. The van der Waals surface area contributed by atoms with Crippen LogP contribution in [-0.2, 0) is 9.59 Å². The summed E-state index contributed by atoms with van der Waals surface area (Å²) in [5.74, 6) is -0.355. The molecule has 1 aliphatic carbocycles. The number of likely N-dealkylation sites (N-methyl/N-ethyl adjacent to an activating group) is 1. The van der Waals surface area contributed by atoms with E-state index in [4.69, 9.17) is 0 Å². The van der Waals surface area contributed by atoms with E-state index >= 15 is 0 Å². The molecule has 24 heavy (non-hydrogen) atoms. The number of nitrogens with one attached hydrogen (secondary N) is 1. The van der Waals surface area contributed by atoms with Crippen LogP contribution >= 0.6 is 0 Å². The second kappa shape index (κ2) is 7.13. The molecule has 6 nitrogen and oxygen atoms in total. The van der Waals surface area contributed by atoms with Crippen molar-refractivity contribution in [1.29, 1.82) is 0 Å². The van der Waals surface area contributed by atoms with Crippen LogP contribution in [0.1, 0.15) is 29.6 Å². The van der Waals surface area contributed by atoms with Gasteiger partial charge in [-0.25, -0.2) is 0 Å². The van der Waals surface area contributed by atoms with Gasteiger partial charge in [0.2, 0.25) is 0 Å². The van der Waals surface area contributed by atoms with E-state index in [2.05, 4.69) is 10.2 Å². The average Bonchev–Trinajstić information content (AvgIpc) is 2.61. The number of hydrogen-bond acceptors (Lipinski definition) is 5. The van der Waals surface area contributed by atoms with Crippen molar-refractivity contribution in [3.63, 3.8) is 0 Å². The van der Waals surface area contributed by atoms with Gasteiger partial charge in [0.25, 0.3) is 5.91 Å². The molecule has 2 fully saturated rings. The Morgan fingerprint density at radius 2 is 1.83 bits per heavy atom. The lowest BCUT2D eigenvalue weighted by Crippen LogP contribution is -2.45. The largest absolute Gasteiger partial charge is 0.369 e. The third kappa shape index (κ3) is 3.48. The number of Topliss-reactive ketones (excluding diaryl/α,β-unsaturated/α-hetero) is 2. The molecule has 1 aromatic rings. The Kier molecular flexibility index (Phi) is 4.94. The third-order valence-corrected chi connectivity index (χ3v) is 4.82. The summed E-state index contributed by atoms with van der Waals surface area (Å²) >= 11 is 0. The summed E-state index contributed by atoms with van der Waals surface area (Å²) in [5, 5.41) is 3.31. The number of nitrogens with zero attached hydrogens (tertiary/aromatic N) is 2. The lowest BCUT2D eigenvalue weighted by atomic mass is 9.92. The molecule has 1 N–H and O–H groups in total. The van der Waals surface area contributed by atoms with Crippen LogP contribution in [0, 0.1) is 0 Å². The summed E-state index contributed by atoms with van der Waals surface area (Å²) < 4.78 is 0. The van der Waals surface area contributed by atoms with Gasteiger partial charge in [0.15, 0.2) is 5.78 Å². The molecule has 1 atom stereocenters. The number of hydrogen-bond donors (Lipinski definition) is 1. The Morgan fingerprint density at radius 1 is 1.17 bits per heavy atom. The number of anilines is 1. The molecule has 1 heterocycles. The van der Waals surface area contributed by atoms with Gasteiger partial charge in [0.05, 0.1) is 12.5 Å². The molecular formula is C18H23N3O3. The Bertz CT molecular complexity index is 635. The highest BCUT2D eigenvalue weighted by molar-refractivity contribution is 6.06. The van der Waals surface area contributed by atoms with Crippen molar-refractivity contribution >= 4 is 23.2 Å². The molecule has 3 rings (SSSR count). The number of benzene rings is 1. The topological polar surface area (TPSA) is 69.7 Å². The molecule has 1 unspecified atom stereocenters. The molecular weight excluding hydrogens is 306 g/mol. The summed E-state index contributed by atoms with van der Waals surface area (Å²) in [5.41, 5.74) is 1.68. The van der Waals surface area contributed by atoms with Crippen LogP contribution in [0.5, 0.6) is 0 Å². The molecule has 1 saturated heterocycles. The zero-order valence-electron chi connectivity index (χ0n) is 14.0. The first-order valence-corrected chi connectivity index (χ1v) is 8.43. The second-order valence-electron chi connectivity index (χ2n) is 6.44. The van der Waals surface area contributed by atoms with Gasteiger partial charge in [0, 0.05) is 50.9 Å². The van der Waals surface area contributed by atoms with Crippen LogP contribution in [0.4, 0.5) is 5.69 Å². The normalized spacial score (nSPS) is 21.7. The van der Waals surface area contributed by atoms with Crippen LogP contribution in [-0.4, -0.2) is 61.6 Å². The highest BCUT2D eigenvalue weighted by Gasteiger charge is 2.32. The number of piperazine rings is 1. The molecule has 0 bridgehead atoms. The predicted molar refractivity (Wildman–Crippen MR) is 91.3 cm³/mol. The number of amides is 1. The molecule has 128 valence electrons. The fraction of sp³-hybridized carbons (Fsp3) is 0.500. The maximum Gasteiger partial charge on any atom is 0.254 e. The fourth-order valence-corrected chi connectivity index (χ4v) is 3.35. The lowest BCUT2D eigenvalue weighted by molar-refractivity contribution is -0.132. The van der Waals surface area contributed by atoms with E-state index in [0.717, 1.165) is 31.9 Å². The molecule has 0 spiro atoms. The minimum Gasteiger partial charge on any atom is -0.369 e. The van der Waals surface area contributed by atoms with Crippen molar-refractivity contribution < 1.29 is 14.4 Å². The van der Waals surface area contributed by atoms with E-state index in [1.165, 1.54) is 4.90 Å². The van der Waals surface area contributed by atoms with Gasteiger partial charge in [-0.1, -0.05) is 0 Å². The quantitative estimate of drug-likeness (QED) is 0.833. The van der Waals surface area contributed by atoms with Crippen LogP contribution in [0.15, 0.2) is 24.3 Å². The van der Waals surface area contributed by atoms with Gasteiger partial charge >= 0.3 is 0 Å². The van der Waals surface area contributed by atoms with Crippen molar-refractivity contribution in [2.24, 2.45) is 0 Å². The van der Waals surface area contributed by atoms with Gasteiger partial charge < -0.3 is 15.1 Å². The highest BCUT2D eigenvalue weighted by atomic mass is 16.2. The Morgan fingerprint density at radius 3 is 2.46 bits per heavy atom. The molecule has 1 amide bonds. The molecule has 2 aliphatic rings. The van der Waals surface area contributed by atoms with Crippen molar-refractivity contribution in [3.05, 3.63) is 29.8 Å². The van der Waals surface area contributed by atoms with Gasteiger partial charge in [-0.3, -0.25) is 14.4 Å². The van der Waals surface area contributed by atoms with Gasteiger partial charge in [0.1, 0.15) is 5.78 Å². The summed E-state index contributed by atoms with van der Waals surface area (Å²) in [6.07, 6.45) is 0.749. The van der Waals surface area contributed by atoms with Gasteiger partial charge in [-0.15, -0.1) is 0 Å². The average molecular weight is 329 g/mol. The first-order valence-electron chi connectivity index (χ1n) is 8.43. The van der Waals surface area contributed by atoms with E-state index in [-0.39, 0.29) is 23.9 Å². The molecule has 0 aromatic heterocycles. The SMILES string of the molecule is CN(C(=O)c1ccc(N2CCNCC2)cc1)C1CCC(=O)CC1=O. The zero-order chi connectivity index (χ0) is 17.1. The van der Waals surface area contributed by atoms with Crippen molar-refractivity contribution in [2.75, 3.05) is 38.1 Å². The van der Waals surface area contributed by atoms with Gasteiger partial charge in [-0.05, 0) is 30.7 Å². The highest BCUT2D eigenvalue weighted by Crippen LogP contribution is 2.20. The second-order valence-corrected chi connectivity index (χ2v) is 6.44. The fourth-order valence-electron chi connectivity index (χ4n) is 3.35. The zero-order valence-corrected chi connectivity index (χ0v) is 14.0. The van der Waals surface area contributed by atoms with Crippen molar-refractivity contribution in [3.8, 4) is 0 Å². The first-order chi connectivity index (χ1) is 11.6. The molecule has 1 saturated carbocycles. The van der Waals surface area contributed by atoms with Crippen LogP contribution in [0.2, 0.25) is 0 Å². The number of carbonyl (C=O) groups is 3. The van der Waals surface area contributed by atoms with Crippen LogP contribution in [0.25, 0.3) is 0 Å². The number of ketones is 2. The minimum atomic E-state index is -0.483. The summed E-state index contributed by atoms with van der Waals surface area (Å²) in [6, 6.07) is 7.06. The van der Waals surface area contributed by atoms with Gasteiger partial charge in [-0.2, -0.15) is 0 Å². The molecule has 0 radical (unpaired) electrons. The monoisotopic (exact) mass is 329 g/mol. The smallest absolute Gasteiger partial charge is 0.254 e. The first kappa shape index (κ1) is 16.6. The Balaban J connectivity index is 1.68. The maximum absolute atomic E-state index is 12.6. The van der Waals surface area contributed by atoms with E-state index in [0.29, 0.717) is 18.4 Å². The lowest BCUT2D eigenvalue weighted by Gasteiger charge is -2.30. The third-order valence-electron chi connectivity index (χ3n) is 4.82. The van der Waals surface area contributed by atoms with E-state index in [1.54, 1.807) is 7.05 Å².